The van der Waals surface area contributed by atoms with Crippen molar-refractivity contribution < 1.29 is 4.79 Å². The highest BCUT2D eigenvalue weighted by Gasteiger charge is 2.15. The van der Waals surface area contributed by atoms with Gasteiger partial charge in [0, 0.05) is 15.5 Å². The third kappa shape index (κ3) is 5.41. The van der Waals surface area contributed by atoms with Crippen LogP contribution in [0.5, 0.6) is 0 Å². The molecule has 29 heavy (non-hydrogen) atoms. The SMILES string of the molecule is CCC(C)NC(=O)CSc1nc2ccc(Br)cc2c(=O)n1Cc1ccccc1Cl. The number of carbonyl (C=O) groups is 1. The zero-order valence-electron chi connectivity index (χ0n) is 16.1. The lowest BCUT2D eigenvalue weighted by Gasteiger charge is -2.15. The van der Waals surface area contributed by atoms with E-state index in [9.17, 15) is 9.59 Å². The molecule has 0 aliphatic heterocycles. The molecule has 3 aromatic rings. The summed E-state index contributed by atoms with van der Waals surface area (Å²) in [5.41, 5.74) is 1.25. The van der Waals surface area contributed by atoms with Gasteiger partial charge in [-0.15, -0.1) is 0 Å². The van der Waals surface area contributed by atoms with Crippen LogP contribution in [0.2, 0.25) is 5.02 Å². The number of fused-ring (bicyclic) bond motifs is 1. The van der Waals surface area contributed by atoms with Crippen molar-refractivity contribution in [3.05, 3.63) is 67.9 Å². The Hall–Kier alpha value is -1.83. The number of carbonyl (C=O) groups excluding carboxylic acids is 1. The van der Waals surface area contributed by atoms with E-state index in [-0.39, 0.29) is 29.8 Å². The number of hydrogen-bond donors (Lipinski definition) is 1. The second-order valence-corrected chi connectivity index (χ2v) is 8.97. The van der Waals surface area contributed by atoms with Gasteiger partial charge in [0.2, 0.25) is 5.91 Å². The van der Waals surface area contributed by atoms with E-state index in [1.807, 2.05) is 38.1 Å². The van der Waals surface area contributed by atoms with Gasteiger partial charge in [0.15, 0.2) is 5.16 Å². The van der Waals surface area contributed by atoms with Crippen LogP contribution in [-0.4, -0.2) is 27.3 Å². The Balaban J connectivity index is 2.00. The van der Waals surface area contributed by atoms with E-state index in [1.165, 1.54) is 11.8 Å². The molecule has 0 saturated heterocycles. The van der Waals surface area contributed by atoms with Crippen LogP contribution in [0.15, 0.2) is 56.9 Å². The van der Waals surface area contributed by atoms with Crippen LogP contribution >= 0.6 is 39.3 Å². The molecule has 1 amide bonds. The van der Waals surface area contributed by atoms with Crippen molar-refractivity contribution in [1.29, 1.82) is 0 Å². The van der Waals surface area contributed by atoms with E-state index >= 15 is 0 Å². The van der Waals surface area contributed by atoms with Gasteiger partial charge in [-0.05, 0) is 43.2 Å². The minimum absolute atomic E-state index is 0.0844. The second-order valence-electron chi connectivity index (χ2n) is 6.70. The first-order valence-corrected chi connectivity index (χ1v) is 11.4. The average molecular weight is 495 g/mol. The number of halogens is 2. The van der Waals surface area contributed by atoms with Gasteiger partial charge in [-0.1, -0.05) is 64.4 Å². The number of hydrogen-bond acceptors (Lipinski definition) is 4. The maximum atomic E-state index is 13.2. The van der Waals surface area contributed by atoms with Crippen LogP contribution in [0.3, 0.4) is 0 Å². The first kappa shape index (κ1) is 21.9. The standard InChI is InChI=1S/C21H21BrClN3O2S/c1-3-13(2)24-19(27)12-29-21-25-18-9-8-15(22)10-16(18)20(28)26(21)11-14-6-4-5-7-17(14)23/h4-10,13H,3,11-12H2,1-2H3,(H,24,27). The molecule has 1 unspecified atom stereocenters. The van der Waals surface area contributed by atoms with Crippen molar-refractivity contribution in [2.45, 2.75) is 38.0 Å². The number of nitrogens with zero attached hydrogens (tertiary/aromatic N) is 2. The number of nitrogens with one attached hydrogen (secondary N) is 1. The number of thioether (sulfide) groups is 1. The fraction of sp³-hybridized carbons (Fsp3) is 0.286. The molecule has 1 aromatic heterocycles. The molecule has 1 atom stereocenters. The van der Waals surface area contributed by atoms with Crippen LogP contribution in [0.25, 0.3) is 10.9 Å². The van der Waals surface area contributed by atoms with Crippen LogP contribution in [-0.2, 0) is 11.3 Å². The van der Waals surface area contributed by atoms with Gasteiger partial charge in [0.25, 0.3) is 5.56 Å². The summed E-state index contributed by atoms with van der Waals surface area (Å²) in [7, 11) is 0. The maximum Gasteiger partial charge on any atom is 0.262 e. The zero-order valence-corrected chi connectivity index (χ0v) is 19.3. The number of aromatic nitrogens is 2. The first-order valence-electron chi connectivity index (χ1n) is 9.24. The number of benzene rings is 2. The third-order valence-electron chi connectivity index (χ3n) is 4.52. The summed E-state index contributed by atoms with van der Waals surface area (Å²) in [6, 6.07) is 12.9. The molecular formula is C21H21BrClN3O2S. The fourth-order valence-electron chi connectivity index (χ4n) is 2.77. The van der Waals surface area contributed by atoms with Crippen molar-refractivity contribution in [2.75, 3.05) is 5.75 Å². The first-order chi connectivity index (χ1) is 13.9. The summed E-state index contributed by atoms with van der Waals surface area (Å²) in [5, 5.41) is 4.52. The Labute approximate surface area is 187 Å². The summed E-state index contributed by atoms with van der Waals surface area (Å²) in [6.45, 7) is 4.26. The Morgan fingerprint density at radius 2 is 2.07 bits per heavy atom. The predicted octanol–water partition coefficient (Wildman–Crippen LogP) is 4.87. The van der Waals surface area contributed by atoms with Gasteiger partial charge < -0.3 is 5.32 Å². The van der Waals surface area contributed by atoms with Gasteiger partial charge in [-0.2, -0.15) is 0 Å². The third-order valence-corrected chi connectivity index (χ3v) is 6.36. The predicted molar refractivity (Wildman–Crippen MR) is 123 cm³/mol. The highest BCUT2D eigenvalue weighted by molar-refractivity contribution is 9.10. The lowest BCUT2D eigenvalue weighted by Crippen LogP contribution is -2.33. The Morgan fingerprint density at radius 3 is 2.79 bits per heavy atom. The molecule has 1 N–H and O–H groups in total. The van der Waals surface area contributed by atoms with E-state index < -0.39 is 0 Å². The van der Waals surface area contributed by atoms with E-state index in [1.54, 1.807) is 22.8 Å². The molecule has 2 aromatic carbocycles. The summed E-state index contributed by atoms with van der Waals surface area (Å²) >= 11 is 11.0. The number of rotatable bonds is 7. The Bertz CT molecular complexity index is 1100. The van der Waals surface area contributed by atoms with Crippen molar-refractivity contribution in [3.8, 4) is 0 Å². The van der Waals surface area contributed by atoms with Gasteiger partial charge in [-0.25, -0.2) is 4.98 Å². The fourth-order valence-corrected chi connectivity index (χ4v) is 4.13. The minimum atomic E-state index is -0.166. The largest absolute Gasteiger partial charge is 0.353 e. The highest BCUT2D eigenvalue weighted by atomic mass is 79.9. The number of amides is 1. The molecule has 0 aliphatic rings. The van der Waals surface area contributed by atoms with Crippen molar-refractivity contribution in [3.63, 3.8) is 0 Å². The Morgan fingerprint density at radius 1 is 1.31 bits per heavy atom. The molecular weight excluding hydrogens is 474 g/mol. The van der Waals surface area contributed by atoms with E-state index in [0.29, 0.717) is 21.1 Å². The summed E-state index contributed by atoms with van der Waals surface area (Å²) in [4.78, 5) is 30.1. The molecule has 3 rings (SSSR count). The van der Waals surface area contributed by atoms with Gasteiger partial charge in [0.05, 0.1) is 23.2 Å². The second kappa shape index (κ2) is 9.78. The van der Waals surface area contributed by atoms with Crippen LogP contribution < -0.4 is 10.9 Å². The lowest BCUT2D eigenvalue weighted by atomic mass is 10.2. The minimum Gasteiger partial charge on any atom is -0.353 e. The normalized spacial score (nSPS) is 12.1. The molecule has 0 saturated carbocycles. The molecule has 152 valence electrons. The zero-order chi connectivity index (χ0) is 21.0. The van der Waals surface area contributed by atoms with Crippen molar-refractivity contribution in [1.82, 2.24) is 14.9 Å². The van der Waals surface area contributed by atoms with Gasteiger partial charge >= 0.3 is 0 Å². The van der Waals surface area contributed by atoms with Crippen molar-refractivity contribution in [2.24, 2.45) is 0 Å². The van der Waals surface area contributed by atoms with Crippen LogP contribution in [0.4, 0.5) is 0 Å². The molecule has 1 heterocycles. The summed E-state index contributed by atoms with van der Waals surface area (Å²) in [6.07, 6.45) is 0.858. The van der Waals surface area contributed by atoms with E-state index in [4.69, 9.17) is 11.6 Å². The smallest absolute Gasteiger partial charge is 0.262 e. The van der Waals surface area contributed by atoms with Crippen LogP contribution in [0, 0.1) is 0 Å². The monoisotopic (exact) mass is 493 g/mol. The van der Waals surface area contributed by atoms with E-state index in [2.05, 4.69) is 26.2 Å². The van der Waals surface area contributed by atoms with Gasteiger partial charge in [-0.3, -0.25) is 14.2 Å². The maximum absolute atomic E-state index is 13.2. The molecule has 0 bridgehead atoms. The average Bonchev–Trinajstić information content (AvgIpc) is 2.70. The highest BCUT2D eigenvalue weighted by Crippen LogP contribution is 2.23. The molecule has 0 spiro atoms. The molecule has 5 nitrogen and oxygen atoms in total. The summed E-state index contributed by atoms with van der Waals surface area (Å²) in [5.74, 6) is 0.0974. The molecule has 0 aliphatic carbocycles. The quantitative estimate of drug-likeness (QED) is 0.376. The van der Waals surface area contributed by atoms with E-state index in [0.717, 1.165) is 16.5 Å². The topological polar surface area (TPSA) is 64.0 Å². The Kier molecular flexibility index (Phi) is 7.38. The van der Waals surface area contributed by atoms with Gasteiger partial charge in [0.1, 0.15) is 0 Å². The van der Waals surface area contributed by atoms with Crippen LogP contribution in [0.1, 0.15) is 25.8 Å². The molecule has 0 fully saturated rings. The lowest BCUT2D eigenvalue weighted by molar-refractivity contribution is -0.119. The molecule has 0 radical (unpaired) electrons. The van der Waals surface area contributed by atoms with Crippen molar-refractivity contribution >= 4 is 56.1 Å². The summed E-state index contributed by atoms with van der Waals surface area (Å²) < 4.78 is 2.39. The molecule has 8 heteroatoms.